The molecule has 2 atom stereocenters. The SMILES string of the molecule is CCC(=O)N1CSC[C@@H]1C(=O)N[C@H](C(=O)NC)C(C)C. The van der Waals surface area contributed by atoms with Crippen LogP contribution in [-0.2, 0) is 14.4 Å². The number of hydrogen-bond donors (Lipinski definition) is 2. The summed E-state index contributed by atoms with van der Waals surface area (Å²) in [7, 11) is 1.54. The van der Waals surface area contributed by atoms with Gasteiger partial charge in [-0.1, -0.05) is 20.8 Å². The third-order valence-corrected chi connectivity index (χ3v) is 4.31. The number of likely N-dealkylation sites (N-methyl/N-ethyl adjacent to an activating group) is 1. The summed E-state index contributed by atoms with van der Waals surface area (Å²) in [5.41, 5.74) is 0. The average Bonchev–Trinajstić information content (AvgIpc) is 2.91. The lowest BCUT2D eigenvalue weighted by molar-refractivity contribution is -0.139. The van der Waals surface area contributed by atoms with Crippen molar-refractivity contribution >= 4 is 29.5 Å². The molecule has 0 aliphatic carbocycles. The van der Waals surface area contributed by atoms with E-state index in [1.54, 1.807) is 30.6 Å². The molecule has 0 aromatic heterocycles. The first kappa shape index (κ1) is 16.8. The molecule has 3 amide bonds. The molecule has 7 heteroatoms. The van der Waals surface area contributed by atoms with E-state index >= 15 is 0 Å². The van der Waals surface area contributed by atoms with E-state index in [-0.39, 0.29) is 23.6 Å². The predicted octanol–water partition coefficient (Wildman–Crippen LogP) is 0.185. The van der Waals surface area contributed by atoms with Crippen LogP contribution in [0.2, 0.25) is 0 Å². The number of thioether (sulfide) groups is 1. The van der Waals surface area contributed by atoms with E-state index in [4.69, 9.17) is 0 Å². The maximum Gasteiger partial charge on any atom is 0.244 e. The molecule has 1 rings (SSSR count). The molecule has 0 spiro atoms. The largest absolute Gasteiger partial charge is 0.357 e. The maximum atomic E-state index is 12.3. The second kappa shape index (κ2) is 7.52. The Balaban J connectivity index is 2.73. The number of hydrogen-bond acceptors (Lipinski definition) is 4. The van der Waals surface area contributed by atoms with E-state index in [1.165, 1.54) is 0 Å². The summed E-state index contributed by atoms with van der Waals surface area (Å²) in [6.07, 6.45) is 0.382. The summed E-state index contributed by atoms with van der Waals surface area (Å²) in [6, 6.07) is -1.05. The van der Waals surface area contributed by atoms with Crippen LogP contribution in [-0.4, -0.2) is 53.4 Å². The zero-order chi connectivity index (χ0) is 15.3. The molecule has 0 aromatic rings. The summed E-state index contributed by atoms with van der Waals surface area (Å²) in [5.74, 6) is 0.610. The maximum absolute atomic E-state index is 12.3. The Morgan fingerprint density at radius 3 is 2.50 bits per heavy atom. The minimum absolute atomic E-state index is 0.0108. The normalized spacial score (nSPS) is 19.9. The van der Waals surface area contributed by atoms with Gasteiger partial charge in [-0.25, -0.2) is 0 Å². The quantitative estimate of drug-likeness (QED) is 0.759. The highest BCUT2D eigenvalue weighted by Gasteiger charge is 2.36. The van der Waals surface area contributed by atoms with E-state index in [0.29, 0.717) is 18.1 Å². The fraction of sp³-hybridized carbons (Fsp3) is 0.769. The van der Waals surface area contributed by atoms with Crippen molar-refractivity contribution in [2.75, 3.05) is 18.7 Å². The molecule has 1 aliphatic heterocycles. The lowest BCUT2D eigenvalue weighted by atomic mass is 10.0. The molecule has 0 saturated carbocycles. The van der Waals surface area contributed by atoms with E-state index in [9.17, 15) is 14.4 Å². The number of carbonyl (C=O) groups excluding carboxylic acids is 3. The van der Waals surface area contributed by atoms with Crippen molar-refractivity contribution in [2.45, 2.75) is 39.3 Å². The summed E-state index contributed by atoms with van der Waals surface area (Å²) < 4.78 is 0. The summed E-state index contributed by atoms with van der Waals surface area (Å²) >= 11 is 1.56. The van der Waals surface area contributed by atoms with Gasteiger partial charge in [0.1, 0.15) is 12.1 Å². The van der Waals surface area contributed by atoms with E-state index in [1.807, 2.05) is 13.8 Å². The minimum Gasteiger partial charge on any atom is -0.357 e. The van der Waals surface area contributed by atoms with Crippen molar-refractivity contribution in [3.63, 3.8) is 0 Å². The van der Waals surface area contributed by atoms with E-state index in [2.05, 4.69) is 10.6 Å². The highest BCUT2D eigenvalue weighted by atomic mass is 32.2. The van der Waals surface area contributed by atoms with Gasteiger partial charge in [0, 0.05) is 19.2 Å². The van der Waals surface area contributed by atoms with E-state index < -0.39 is 12.1 Å². The first-order chi connectivity index (χ1) is 9.42. The van der Waals surface area contributed by atoms with E-state index in [0.717, 1.165) is 0 Å². The lowest BCUT2D eigenvalue weighted by Gasteiger charge is -2.26. The molecule has 1 heterocycles. The number of carbonyl (C=O) groups is 3. The summed E-state index contributed by atoms with van der Waals surface area (Å²) in [6.45, 7) is 5.53. The Hall–Kier alpha value is -1.24. The monoisotopic (exact) mass is 301 g/mol. The topological polar surface area (TPSA) is 78.5 Å². The van der Waals surface area contributed by atoms with Crippen molar-refractivity contribution in [3.05, 3.63) is 0 Å². The molecule has 0 unspecified atom stereocenters. The molecular formula is C13H23N3O3S. The molecule has 0 bridgehead atoms. The van der Waals surface area contributed by atoms with Gasteiger partial charge < -0.3 is 15.5 Å². The van der Waals surface area contributed by atoms with Gasteiger partial charge in [-0.3, -0.25) is 14.4 Å². The standard InChI is InChI=1S/C13H23N3O3S/c1-5-10(17)16-7-20-6-9(16)12(18)15-11(8(2)3)13(19)14-4/h8-9,11H,5-7H2,1-4H3,(H,14,19)(H,15,18)/t9-,11+/m1/s1. The second-order valence-electron chi connectivity index (χ2n) is 5.08. The molecule has 0 radical (unpaired) electrons. The van der Waals surface area contributed by atoms with Crippen LogP contribution >= 0.6 is 11.8 Å². The number of nitrogens with zero attached hydrogens (tertiary/aromatic N) is 1. The molecule has 1 saturated heterocycles. The Morgan fingerprint density at radius 2 is 2.00 bits per heavy atom. The van der Waals surface area contributed by atoms with Crippen LogP contribution in [0.3, 0.4) is 0 Å². The number of rotatable bonds is 5. The average molecular weight is 301 g/mol. The molecule has 20 heavy (non-hydrogen) atoms. The van der Waals surface area contributed by atoms with Gasteiger partial charge in [-0.15, -0.1) is 11.8 Å². The minimum atomic E-state index is -0.573. The third kappa shape index (κ3) is 3.88. The van der Waals surface area contributed by atoms with Crippen LogP contribution in [0.1, 0.15) is 27.2 Å². The van der Waals surface area contributed by atoms with Crippen molar-refractivity contribution < 1.29 is 14.4 Å². The highest BCUT2D eigenvalue weighted by Crippen LogP contribution is 2.22. The van der Waals surface area contributed by atoms with Gasteiger partial charge in [-0.05, 0) is 5.92 Å². The Bertz CT molecular complexity index is 387. The van der Waals surface area contributed by atoms with Gasteiger partial charge in [-0.2, -0.15) is 0 Å². The first-order valence-electron chi connectivity index (χ1n) is 6.81. The fourth-order valence-electron chi connectivity index (χ4n) is 2.05. The third-order valence-electron chi connectivity index (χ3n) is 3.30. The van der Waals surface area contributed by atoms with Gasteiger partial charge >= 0.3 is 0 Å². The van der Waals surface area contributed by atoms with Crippen molar-refractivity contribution in [3.8, 4) is 0 Å². The molecule has 1 aliphatic rings. The molecule has 0 aromatic carbocycles. The van der Waals surface area contributed by atoms with Crippen LogP contribution in [0.4, 0.5) is 0 Å². The zero-order valence-corrected chi connectivity index (χ0v) is 13.3. The lowest BCUT2D eigenvalue weighted by Crippen LogP contribution is -2.55. The summed E-state index contributed by atoms with van der Waals surface area (Å²) in [4.78, 5) is 37.5. The van der Waals surface area contributed by atoms with Gasteiger partial charge in [0.15, 0.2) is 0 Å². The van der Waals surface area contributed by atoms with Crippen LogP contribution < -0.4 is 10.6 Å². The fourth-order valence-corrected chi connectivity index (χ4v) is 3.23. The number of nitrogens with one attached hydrogen (secondary N) is 2. The molecule has 1 fully saturated rings. The van der Waals surface area contributed by atoms with Gasteiger partial charge in [0.25, 0.3) is 0 Å². The molecule has 2 N–H and O–H groups in total. The predicted molar refractivity (Wildman–Crippen MR) is 79.1 cm³/mol. The Kier molecular flexibility index (Phi) is 6.32. The Labute approximate surface area is 124 Å². The first-order valence-corrected chi connectivity index (χ1v) is 7.97. The van der Waals surface area contributed by atoms with Gasteiger partial charge in [0.2, 0.25) is 17.7 Å². The van der Waals surface area contributed by atoms with Crippen LogP contribution in [0.5, 0.6) is 0 Å². The zero-order valence-electron chi connectivity index (χ0n) is 12.4. The molecular weight excluding hydrogens is 278 g/mol. The van der Waals surface area contributed by atoms with Gasteiger partial charge in [0.05, 0.1) is 5.88 Å². The summed E-state index contributed by atoms with van der Waals surface area (Å²) in [5, 5.41) is 5.31. The molecule has 6 nitrogen and oxygen atoms in total. The highest BCUT2D eigenvalue weighted by molar-refractivity contribution is 7.99. The molecule has 114 valence electrons. The van der Waals surface area contributed by atoms with Crippen LogP contribution in [0.25, 0.3) is 0 Å². The van der Waals surface area contributed by atoms with Crippen LogP contribution in [0, 0.1) is 5.92 Å². The van der Waals surface area contributed by atoms with Crippen LogP contribution in [0.15, 0.2) is 0 Å². The Morgan fingerprint density at radius 1 is 1.35 bits per heavy atom. The second-order valence-corrected chi connectivity index (χ2v) is 6.08. The van der Waals surface area contributed by atoms with Crippen molar-refractivity contribution in [1.29, 1.82) is 0 Å². The van der Waals surface area contributed by atoms with Crippen molar-refractivity contribution in [2.24, 2.45) is 5.92 Å². The number of amides is 3. The smallest absolute Gasteiger partial charge is 0.244 e. The van der Waals surface area contributed by atoms with Crippen molar-refractivity contribution in [1.82, 2.24) is 15.5 Å².